The van der Waals surface area contributed by atoms with Crippen LogP contribution in [0.2, 0.25) is 0 Å². The summed E-state index contributed by atoms with van der Waals surface area (Å²) < 4.78 is 13.3. The van der Waals surface area contributed by atoms with Crippen LogP contribution in [-0.2, 0) is 22.6 Å². The van der Waals surface area contributed by atoms with Crippen LogP contribution in [0.1, 0.15) is 41.6 Å². The lowest BCUT2D eigenvalue weighted by Gasteiger charge is -2.44. The van der Waals surface area contributed by atoms with Gasteiger partial charge in [0.2, 0.25) is 5.95 Å². The minimum atomic E-state index is -0.575. The Hall–Kier alpha value is -4.35. The van der Waals surface area contributed by atoms with Gasteiger partial charge in [0.1, 0.15) is 0 Å². The van der Waals surface area contributed by atoms with Crippen LogP contribution in [0, 0.1) is 5.92 Å². The molecule has 10 nitrogen and oxygen atoms in total. The number of piperazine rings is 1. The molecule has 234 valence electrons. The van der Waals surface area contributed by atoms with Gasteiger partial charge in [-0.25, -0.2) is 14.8 Å². The zero-order valence-corrected chi connectivity index (χ0v) is 25.5. The fraction of sp³-hybridized carbons (Fsp3) is 0.343. The van der Waals surface area contributed by atoms with Gasteiger partial charge in [-0.1, -0.05) is 73.7 Å². The molecule has 4 atom stereocenters. The summed E-state index contributed by atoms with van der Waals surface area (Å²) in [5, 5.41) is 15.3. The van der Waals surface area contributed by atoms with Crippen molar-refractivity contribution in [2.75, 3.05) is 42.9 Å². The van der Waals surface area contributed by atoms with E-state index in [1.807, 2.05) is 84.9 Å². The lowest BCUT2D eigenvalue weighted by Crippen LogP contribution is -2.51. The van der Waals surface area contributed by atoms with Gasteiger partial charge < -0.3 is 30.1 Å². The minimum Gasteiger partial charge on any atom is -0.392 e. The summed E-state index contributed by atoms with van der Waals surface area (Å²) in [6.45, 7) is 6.88. The van der Waals surface area contributed by atoms with Crippen molar-refractivity contribution in [3.8, 4) is 0 Å². The second kappa shape index (κ2) is 14.6. The number of aromatic nitrogens is 2. The van der Waals surface area contributed by atoms with Crippen molar-refractivity contribution < 1.29 is 19.4 Å². The Morgan fingerprint density at radius 3 is 2.22 bits per heavy atom. The summed E-state index contributed by atoms with van der Waals surface area (Å²) in [6, 6.07) is 26.9. The molecule has 10 heteroatoms. The molecule has 4 aromatic rings. The molecule has 2 amide bonds. The number of amides is 2. The number of hydrogen-bond acceptors (Lipinski definition) is 8. The molecule has 1 aromatic heterocycles. The Balaban J connectivity index is 1.12. The Morgan fingerprint density at radius 2 is 1.53 bits per heavy atom. The van der Waals surface area contributed by atoms with Gasteiger partial charge in [-0.2, -0.15) is 0 Å². The van der Waals surface area contributed by atoms with E-state index in [1.54, 1.807) is 12.4 Å². The summed E-state index contributed by atoms with van der Waals surface area (Å²) in [4.78, 5) is 26.0. The molecule has 0 bridgehead atoms. The van der Waals surface area contributed by atoms with Crippen LogP contribution in [0.3, 0.4) is 0 Å². The third-order valence-corrected chi connectivity index (χ3v) is 8.51. The smallest absolute Gasteiger partial charge is 0.319 e. The van der Waals surface area contributed by atoms with Gasteiger partial charge in [-0.3, -0.25) is 4.90 Å². The number of hydrogen-bond donors (Lipinski definition) is 3. The molecule has 2 aliphatic heterocycles. The molecule has 3 heterocycles. The Bertz CT molecular complexity index is 1500. The molecule has 0 unspecified atom stereocenters. The highest BCUT2D eigenvalue weighted by atomic mass is 16.7. The van der Waals surface area contributed by atoms with E-state index < -0.39 is 6.29 Å². The first-order valence-electron chi connectivity index (χ1n) is 15.5. The molecule has 0 aliphatic carbocycles. The van der Waals surface area contributed by atoms with E-state index in [-0.39, 0.29) is 30.8 Å². The first-order valence-corrected chi connectivity index (χ1v) is 15.5. The molecule has 6 rings (SSSR count). The van der Waals surface area contributed by atoms with Crippen LogP contribution in [0.4, 0.5) is 16.4 Å². The predicted molar refractivity (Wildman–Crippen MR) is 172 cm³/mol. The van der Waals surface area contributed by atoms with Gasteiger partial charge in [-0.15, -0.1) is 0 Å². The number of urea groups is 1. The molecule has 3 aromatic carbocycles. The Kier molecular flexibility index (Phi) is 9.96. The van der Waals surface area contributed by atoms with Gasteiger partial charge in [0.15, 0.2) is 6.29 Å². The van der Waals surface area contributed by atoms with Crippen molar-refractivity contribution in [2.24, 2.45) is 5.92 Å². The van der Waals surface area contributed by atoms with Crippen molar-refractivity contribution in [3.63, 3.8) is 0 Å². The van der Waals surface area contributed by atoms with Gasteiger partial charge in [-0.05, 0) is 34.9 Å². The van der Waals surface area contributed by atoms with Crippen LogP contribution < -0.4 is 15.5 Å². The number of anilines is 2. The number of nitrogens with zero attached hydrogens (tertiary/aromatic N) is 4. The van der Waals surface area contributed by atoms with Crippen LogP contribution in [0.15, 0.2) is 97.3 Å². The second-order valence-corrected chi connectivity index (χ2v) is 11.6. The molecule has 3 N–H and O–H groups in total. The maximum atomic E-state index is 12.5. The predicted octanol–water partition coefficient (Wildman–Crippen LogP) is 4.90. The number of benzene rings is 3. The Morgan fingerprint density at radius 1 is 0.844 bits per heavy atom. The maximum absolute atomic E-state index is 12.5. The monoisotopic (exact) mass is 608 g/mol. The van der Waals surface area contributed by atoms with Crippen LogP contribution in [0.25, 0.3) is 0 Å². The maximum Gasteiger partial charge on any atom is 0.319 e. The SMILES string of the molecule is C[C@H]1[C@@H](CN2CCN(c3ncccn3)CC2)O[C@@H](c2ccc(NC(=O)NCc3ccccc3)cc2)O[C@H]1c1ccc(CO)cc1. The summed E-state index contributed by atoms with van der Waals surface area (Å²) >= 11 is 0. The fourth-order valence-electron chi connectivity index (χ4n) is 5.84. The highest BCUT2D eigenvalue weighted by molar-refractivity contribution is 5.89. The number of aliphatic hydroxyl groups excluding tert-OH is 1. The average Bonchev–Trinajstić information content (AvgIpc) is 3.10. The largest absolute Gasteiger partial charge is 0.392 e. The van der Waals surface area contributed by atoms with E-state index in [4.69, 9.17) is 9.47 Å². The van der Waals surface area contributed by atoms with Gasteiger partial charge in [0, 0.05) is 68.8 Å². The zero-order chi connectivity index (χ0) is 31.0. The van der Waals surface area contributed by atoms with Gasteiger partial charge >= 0.3 is 6.03 Å². The molecule has 2 fully saturated rings. The van der Waals surface area contributed by atoms with Crippen LogP contribution in [0.5, 0.6) is 0 Å². The number of aliphatic hydroxyl groups is 1. The quantitative estimate of drug-likeness (QED) is 0.246. The van der Waals surface area contributed by atoms with Crippen molar-refractivity contribution >= 4 is 17.7 Å². The van der Waals surface area contributed by atoms with Gasteiger partial charge in [0.05, 0.1) is 18.8 Å². The van der Waals surface area contributed by atoms with E-state index in [1.165, 1.54) is 0 Å². The van der Waals surface area contributed by atoms with Crippen molar-refractivity contribution in [1.29, 1.82) is 0 Å². The molecule has 2 saturated heterocycles. The van der Waals surface area contributed by atoms with E-state index in [0.717, 1.165) is 60.9 Å². The minimum absolute atomic E-state index is 0.000377. The van der Waals surface area contributed by atoms with E-state index in [9.17, 15) is 9.90 Å². The normalized spacial score (nSPS) is 22.1. The highest BCUT2D eigenvalue weighted by Crippen LogP contribution is 2.42. The summed E-state index contributed by atoms with van der Waals surface area (Å²) in [7, 11) is 0. The number of carbonyl (C=O) groups excluding carboxylic acids is 1. The van der Waals surface area contributed by atoms with Crippen LogP contribution in [-0.4, -0.2) is 64.8 Å². The zero-order valence-electron chi connectivity index (χ0n) is 25.5. The average molecular weight is 609 g/mol. The molecule has 0 spiro atoms. The van der Waals surface area contributed by atoms with E-state index in [0.29, 0.717) is 12.2 Å². The van der Waals surface area contributed by atoms with E-state index in [2.05, 4.69) is 37.3 Å². The summed E-state index contributed by atoms with van der Waals surface area (Å²) in [5.41, 5.74) is 4.51. The first kappa shape index (κ1) is 30.7. The van der Waals surface area contributed by atoms with E-state index >= 15 is 0 Å². The van der Waals surface area contributed by atoms with Crippen molar-refractivity contribution in [1.82, 2.24) is 20.2 Å². The van der Waals surface area contributed by atoms with Gasteiger partial charge in [0.25, 0.3) is 0 Å². The van der Waals surface area contributed by atoms with Crippen LogP contribution >= 0.6 is 0 Å². The standard InChI is InChI=1S/C35H40N6O4/c1-25-31(23-40-18-20-41(21-19-40)34-36-16-5-17-37-34)44-33(45-32(25)28-10-8-27(24-42)9-11-28)29-12-14-30(15-13-29)39-35(43)38-22-26-6-3-2-4-7-26/h2-17,25,31-33,42H,18-24H2,1H3,(H2,38,39,43)/t25-,31+,32+,33+/m0/s1. The van der Waals surface area contributed by atoms with Crippen molar-refractivity contribution in [3.05, 3.63) is 120 Å². The molecule has 0 saturated carbocycles. The molecular formula is C35H40N6O4. The molecule has 0 radical (unpaired) electrons. The topological polar surface area (TPSA) is 112 Å². The summed E-state index contributed by atoms with van der Waals surface area (Å²) in [6.07, 6.45) is 2.72. The third-order valence-electron chi connectivity index (χ3n) is 8.51. The second-order valence-electron chi connectivity index (χ2n) is 11.6. The lowest BCUT2D eigenvalue weighted by molar-refractivity contribution is -0.276. The molecular weight excluding hydrogens is 568 g/mol. The number of nitrogens with one attached hydrogen (secondary N) is 2. The third kappa shape index (κ3) is 7.84. The Labute approximate surface area is 264 Å². The highest BCUT2D eigenvalue weighted by Gasteiger charge is 2.39. The molecule has 2 aliphatic rings. The number of rotatable bonds is 9. The number of ether oxygens (including phenoxy) is 2. The first-order chi connectivity index (χ1) is 22.1. The number of carbonyl (C=O) groups is 1. The molecule has 45 heavy (non-hydrogen) atoms. The van der Waals surface area contributed by atoms with Crippen molar-refractivity contribution in [2.45, 2.75) is 38.6 Å². The lowest BCUT2D eigenvalue weighted by atomic mass is 9.90. The summed E-state index contributed by atoms with van der Waals surface area (Å²) in [5.74, 6) is 0.858. The fourth-order valence-corrected chi connectivity index (χ4v) is 5.84.